The van der Waals surface area contributed by atoms with Gasteiger partial charge in [0.05, 0.1) is 6.10 Å². The summed E-state index contributed by atoms with van der Waals surface area (Å²) in [5, 5.41) is 14.9. The second-order valence-electron chi connectivity index (χ2n) is 3.04. The van der Waals surface area contributed by atoms with Crippen LogP contribution in [-0.4, -0.2) is 20.1 Å². The molecule has 0 bridgehead atoms. The average molecular weight is 285 g/mol. The van der Waals surface area contributed by atoms with Crippen molar-refractivity contribution in [2.45, 2.75) is 6.10 Å². The molecular formula is C8H10Cl2N2O3S. The van der Waals surface area contributed by atoms with Gasteiger partial charge in [-0.25, -0.2) is 5.14 Å². The molecule has 0 radical (unpaired) electrons. The van der Waals surface area contributed by atoms with Gasteiger partial charge in [0, 0.05) is 22.2 Å². The van der Waals surface area contributed by atoms with Gasteiger partial charge in [-0.2, -0.15) is 13.1 Å². The van der Waals surface area contributed by atoms with Crippen molar-refractivity contribution in [3.8, 4) is 0 Å². The zero-order chi connectivity index (χ0) is 12.3. The molecule has 0 amide bonds. The molecule has 0 aromatic heterocycles. The summed E-state index contributed by atoms with van der Waals surface area (Å²) in [4.78, 5) is 0. The number of benzene rings is 1. The van der Waals surface area contributed by atoms with E-state index in [1.807, 2.05) is 4.72 Å². The van der Waals surface area contributed by atoms with Crippen molar-refractivity contribution in [1.29, 1.82) is 0 Å². The van der Waals surface area contributed by atoms with Crippen LogP contribution >= 0.6 is 23.2 Å². The summed E-state index contributed by atoms with van der Waals surface area (Å²) in [6.45, 7) is -0.289. The minimum Gasteiger partial charge on any atom is -0.387 e. The summed E-state index contributed by atoms with van der Waals surface area (Å²) in [7, 11) is -3.85. The quantitative estimate of drug-likeness (QED) is 0.764. The number of halogens is 2. The smallest absolute Gasteiger partial charge is 0.274 e. The first-order chi connectivity index (χ1) is 7.31. The van der Waals surface area contributed by atoms with E-state index >= 15 is 0 Å². The van der Waals surface area contributed by atoms with Crippen molar-refractivity contribution < 1.29 is 13.5 Å². The van der Waals surface area contributed by atoms with Gasteiger partial charge in [-0.15, -0.1) is 0 Å². The molecule has 8 heteroatoms. The fraction of sp³-hybridized carbons (Fsp3) is 0.250. The molecular weight excluding hydrogens is 275 g/mol. The molecule has 0 spiro atoms. The van der Waals surface area contributed by atoms with Crippen molar-refractivity contribution in [2.75, 3.05) is 6.54 Å². The van der Waals surface area contributed by atoms with Crippen LogP contribution in [0.2, 0.25) is 10.0 Å². The first-order valence-electron chi connectivity index (χ1n) is 4.20. The predicted octanol–water partition coefficient (Wildman–Crippen LogP) is 0.820. The SMILES string of the molecule is NS(=O)(=O)NCC(O)c1c(Cl)cccc1Cl. The number of aliphatic hydroxyl groups is 1. The number of aliphatic hydroxyl groups excluding tert-OH is 1. The van der Waals surface area contributed by atoms with Crippen LogP contribution in [0.4, 0.5) is 0 Å². The van der Waals surface area contributed by atoms with E-state index < -0.39 is 16.3 Å². The molecule has 1 rings (SSSR count). The molecule has 16 heavy (non-hydrogen) atoms. The molecule has 0 heterocycles. The lowest BCUT2D eigenvalue weighted by atomic mass is 10.1. The Morgan fingerprint density at radius 2 is 1.88 bits per heavy atom. The van der Waals surface area contributed by atoms with Crippen LogP contribution in [-0.2, 0) is 10.2 Å². The highest BCUT2D eigenvalue weighted by atomic mass is 35.5. The van der Waals surface area contributed by atoms with Gasteiger partial charge >= 0.3 is 0 Å². The van der Waals surface area contributed by atoms with Crippen LogP contribution in [0.3, 0.4) is 0 Å². The Kier molecular flexibility index (Phi) is 4.54. The number of rotatable bonds is 4. The molecule has 1 aromatic rings. The monoisotopic (exact) mass is 284 g/mol. The van der Waals surface area contributed by atoms with Crippen molar-refractivity contribution in [3.05, 3.63) is 33.8 Å². The fourth-order valence-corrected chi connectivity index (χ4v) is 2.17. The maximum Gasteiger partial charge on any atom is 0.274 e. The molecule has 5 nitrogen and oxygen atoms in total. The summed E-state index contributed by atoms with van der Waals surface area (Å²) >= 11 is 11.6. The standard InChI is InChI=1S/C8H10Cl2N2O3S/c9-5-2-1-3-6(10)8(5)7(13)4-12-16(11,14)15/h1-3,7,12-13H,4H2,(H2,11,14,15). The van der Waals surface area contributed by atoms with Gasteiger partial charge in [0.15, 0.2) is 0 Å². The zero-order valence-corrected chi connectivity index (χ0v) is 10.4. The Bertz CT molecular complexity index is 458. The third kappa shape index (κ3) is 3.89. The summed E-state index contributed by atoms with van der Waals surface area (Å²) in [6.07, 6.45) is -1.15. The number of hydrogen-bond donors (Lipinski definition) is 3. The number of hydrogen-bond acceptors (Lipinski definition) is 3. The fourth-order valence-electron chi connectivity index (χ4n) is 1.13. The molecule has 1 unspecified atom stereocenters. The van der Waals surface area contributed by atoms with Gasteiger partial charge < -0.3 is 5.11 Å². The van der Waals surface area contributed by atoms with Gasteiger partial charge in [0.1, 0.15) is 0 Å². The topological polar surface area (TPSA) is 92.4 Å². The molecule has 4 N–H and O–H groups in total. The van der Waals surface area contributed by atoms with Crippen molar-refractivity contribution in [2.24, 2.45) is 5.14 Å². The Balaban J connectivity index is 2.85. The molecule has 0 fully saturated rings. The molecule has 0 aliphatic heterocycles. The minimum absolute atomic E-state index is 0.260. The lowest BCUT2D eigenvalue weighted by Gasteiger charge is -2.14. The Morgan fingerprint density at radius 1 is 1.38 bits per heavy atom. The van der Waals surface area contributed by atoms with E-state index in [0.717, 1.165) is 0 Å². The summed E-state index contributed by atoms with van der Waals surface area (Å²) < 4.78 is 23.2. The lowest BCUT2D eigenvalue weighted by Crippen LogP contribution is -2.34. The second-order valence-corrected chi connectivity index (χ2v) is 5.24. The first kappa shape index (κ1) is 13.7. The predicted molar refractivity (Wildman–Crippen MR) is 62.5 cm³/mol. The molecule has 1 aromatic carbocycles. The molecule has 0 saturated heterocycles. The second kappa shape index (κ2) is 5.31. The molecule has 0 aliphatic rings. The van der Waals surface area contributed by atoms with Gasteiger partial charge in [-0.05, 0) is 12.1 Å². The maximum absolute atomic E-state index is 10.6. The van der Waals surface area contributed by atoms with Crippen LogP contribution in [0.15, 0.2) is 18.2 Å². The highest BCUT2D eigenvalue weighted by Gasteiger charge is 2.16. The summed E-state index contributed by atoms with van der Waals surface area (Å²) in [5.74, 6) is 0. The van der Waals surface area contributed by atoms with Crippen molar-refractivity contribution in [3.63, 3.8) is 0 Å². The highest BCUT2D eigenvalue weighted by molar-refractivity contribution is 7.87. The largest absolute Gasteiger partial charge is 0.387 e. The number of nitrogens with two attached hydrogens (primary N) is 1. The Hall–Kier alpha value is -0.370. The zero-order valence-electron chi connectivity index (χ0n) is 8.02. The van der Waals surface area contributed by atoms with E-state index in [2.05, 4.69) is 0 Å². The highest BCUT2D eigenvalue weighted by Crippen LogP contribution is 2.29. The van der Waals surface area contributed by atoms with E-state index in [1.54, 1.807) is 18.2 Å². The maximum atomic E-state index is 10.6. The molecule has 90 valence electrons. The van der Waals surface area contributed by atoms with Crippen LogP contribution in [0.1, 0.15) is 11.7 Å². The van der Waals surface area contributed by atoms with Gasteiger partial charge in [-0.3, -0.25) is 0 Å². The minimum atomic E-state index is -3.85. The average Bonchev–Trinajstić information content (AvgIpc) is 2.13. The van der Waals surface area contributed by atoms with Crippen LogP contribution in [0, 0.1) is 0 Å². The van der Waals surface area contributed by atoms with E-state index in [4.69, 9.17) is 28.3 Å². The van der Waals surface area contributed by atoms with Crippen LogP contribution < -0.4 is 9.86 Å². The van der Waals surface area contributed by atoms with Crippen molar-refractivity contribution >= 4 is 33.4 Å². The van der Waals surface area contributed by atoms with Gasteiger partial charge in [0.25, 0.3) is 10.2 Å². The molecule has 0 aliphatic carbocycles. The van der Waals surface area contributed by atoms with Crippen LogP contribution in [0.25, 0.3) is 0 Å². The normalized spacial score (nSPS) is 13.8. The van der Waals surface area contributed by atoms with Gasteiger partial charge in [-0.1, -0.05) is 29.3 Å². The van der Waals surface area contributed by atoms with Gasteiger partial charge in [0.2, 0.25) is 0 Å². The van der Waals surface area contributed by atoms with Crippen molar-refractivity contribution in [1.82, 2.24) is 4.72 Å². The summed E-state index contributed by atoms with van der Waals surface area (Å²) in [5.41, 5.74) is 0.266. The Morgan fingerprint density at radius 3 is 2.31 bits per heavy atom. The third-order valence-electron chi connectivity index (χ3n) is 1.81. The van der Waals surface area contributed by atoms with E-state index in [9.17, 15) is 13.5 Å². The molecule has 0 saturated carbocycles. The van der Waals surface area contributed by atoms with E-state index in [0.29, 0.717) is 0 Å². The number of nitrogens with one attached hydrogen (secondary N) is 1. The van der Waals surface area contributed by atoms with Crippen LogP contribution in [0.5, 0.6) is 0 Å². The van der Waals surface area contributed by atoms with E-state index in [-0.39, 0.29) is 22.2 Å². The lowest BCUT2D eigenvalue weighted by molar-refractivity contribution is 0.182. The molecule has 1 atom stereocenters. The first-order valence-corrected chi connectivity index (χ1v) is 6.51. The van der Waals surface area contributed by atoms with E-state index in [1.165, 1.54) is 0 Å². The Labute approximate surface area is 103 Å². The summed E-state index contributed by atoms with van der Waals surface area (Å²) in [6, 6.07) is 4.71. The third-order valence-corrected chi connectivity index (χ3v) is 3.04.